The summed E-state index contributed by atoms with van der Waals surface area (Å²) < 4.78 is 0. The van der Waals surface area contributed by atoms with Gasteiger partial charge in [-0.1, -0.05) is 27.7 Å². The molecule has 0 amide bonds. The third kappa shape index (κ3) is 4.79. The molecule has 0 aromatic carbocycles. The van der Waals surface area contributed by atoms with Crippen LogP contribution in [0.5, 0.6) is 0 Å². The number of hydrogen-bond acceptors (Lipinski definition) is 3. The Morgan fingerprint density at radius 3 is 2.28 bits per heavy atom. The van der Waals surface area contributed by atoms with Crippen LogP contribution in [0, 0.1) is 57.7 Å². The van der Waals surface area contributed by atoms with Crippen molar-refractivity contribution in [3.63, 3.8) is 0 Å². The Hall–Kier alpha value is -0.590. The van der Waals surface area contributed by atoms with E-state index in [2.05, 4.69) is 19.9 Å². The molecule has 32 heavy (non-hydrogen) atoms. The first-order valence-electron chi connectivity index (χ1n) is 13.9. The van der Waals surface area contributed by atoms with Gasteiger partial charge >= 0.3 is 0 Å². The molecule has 0 saturated heterocycles. The van der Waals surface area contributed by atoms with E-state index < -0.39 is 5.60 Å². The molecule has 3 nitrogen and oxygen atoms in total. The third-order valence-corrected chi connectivity index (χ3v) is 10.7. The number of nitrogens with zero attached hydrogens (tertiary/aromatic N) is 1. The maximum absolute atomic E-state index is 10.2. The molecule has 0 radical (unpaired) electrons. The highest BCUT2D eigenvalue weighted by Crippen LogP contribution is 2.68. The lowest BCUT2D eigenvalue weighted by molar-refractivity contribution is -0.128. The molecule has 3 heteroatoms. The van der Waals surface area contributed by atoms with E-state index >= 15 is 0 Å². The lowest BCUT2D eigenvalue weighted by Crippen LogP contribution is -2.54. The highest BCUT2D eigenvalue weighted by atomic mass is 16.3. The highest BCUT2D eigenvalue weighted by molar-refractivity contribution is 5.11. The van der Waals surface area contributed by atoms with Crippen molar-refractivity contribution in [3.8, 4) is 6.07 Å². The summed E-state index contributed by atoms with van der Waals surface area (Å²) in [6, 6.07) is 2.71. The fourth-order valence-electron chi connectivity index (χ4n) is 9.05. The van der Waals surface area contributed by atoms with E-state index in [9.17, 15) is 15.5 Å². The molecule has 0 aliphatic heterocycles. The first-order valence-corrected chi connectivity index (χ1v) is 13.9. The van der Waals surface area contributed by atoms with Crippen molar-refractivity contribution >= 4 is 0 Å². The maximum Gasteiger partial charge on any atom is 0.0658 e. The molecule has 4 aliphatic rings. The standard InChI is InChI=1S/C27H45NO2.C2H6/c1-25(2,30)13-5-6-18(17-28)22-9-10-23-21-8-7-19-16-20(29)11-14-26(19,3)24(21)12-15-27(22,23)4;1-2/h18-24,29-30H,5-16H2,1-4H3;1-2H3/t18?,19-,20?,21?,22?,23?,24?,26?,27?;/m0./s1. The van der Waals surface area contributed by atoms with E-state index in [-0.39, 0.29) is 12.0 Å². The van der Waals surface area contributed by atoms with Gasteiger partial charge in [-0.05, 0) is 131 Å². The van der Waals surface area contributed by atoms with Gasteiger partial charge in [0.1, 0.15) is 0 Å². The molecular formula is C29H51NO2. The summed E-state index contributed by atoms with van der Waals surface area (Å²) in [7, 11) is 0. The van der Waals surface area contributed by atoms with Gasteiger partial charge in [-0.2, -0.15) is 5.26 Å². The summed E-state index contributed by atoms with van der Waals surface area (Å²) in [6.45, 7) is 12.8. The zero-order valence-electron chi connectivity index (χ0n) is 21.9. The Morgan fingerprint density at radius 2 is 1.62 bits per heavy atom. The predicted octanol–water partition coefficient (Wildman–Crippen LogP) is 7.11. The molecule has 0 bridgehead atoms. The Labute approximate surface area is 198 Å². The fourth-order valence-corrected chi connectivity index (χ4v) is 9.05. The van der Waals surface area contributed by atoms with Gasteiger partial charge < -0.3 is 10.2 Å². The summed E-state index contributed by atoms with van der Waals surface area (Å²) in [5.74, 6) is 3.86. The summed E-state index contributed by atoms with van der Waals surface area (Å²) in [5.41, 5.74) is 0.137. The number of fused-ring (bicyclic) bond motifs is 5. The molecule has 4 rings (SSSR count). The zero-order valence-corrected chi connectivity index (χ0v) is 21.9. The van der Waals surface area contributed by atoms with Crippen molar-refractivity contribution in [1.82, 2.24) is 0 Å². The second-order valence-corrected chi connectivity index (χ2v) is 12.8. The van der Waals surface area contributed by atoms with Gasteiger partial charge in [0.2, 0.25) is 0 Å². The van der Waals surface area contributed by atoms with Gasteiger partial charge in [0.25, 0.3) is 0 Å². The summed E-state index contributed by atoms with van der Waals surface area (Å²) in [6.07, 6.45) is 13.7. The fraction of sp³-hybridized carbons (Fsp3) is 0.966. The Morgan fingerprint density at radius 1 is 0.969 bits per heavy atom. The van der Waals surface area contributed by atoms with E-state index in [0.29, 0.717) is 16.7 Å². The van der Waals surface area contributed by atoms with Gasteiger partial charge in [0.05, 0.1) is 17.8 Å². The van der Waals surface area contributed by atoms with Crippen LogP contribution in [0.4, 0.5) is 0 Å². The minimum atomic E-state index is -0.623. The minimum absolute atomic E-state index is 0.0652. The van der Waals surface area contributed by atoms with Crippen LogP contribution in [-0.2, 0) is 0 Å². The molecule has 2 N–H and O–H groups in total. The average molecular weight is 446 g/mol. The second-order valence-electron chi connectivity index (χ2n) is 12.8. The van der Waals surface area contributed by atoms with Crippen molar-refractivity contribution in [2.75, 3.05) is 0 Å². The minimum Gasteiger partial charge on any atom is -0.393 e. The molecule has 8 unspecified atom stereocenters. The molecule has 0 spiro atoms. The topological polar surface area (TPSA) is 64.2 Å². The average Bonchev–Trinajstić information content (AvgIpc) is 3.09. The van der Waals surface area contributed by atoms with E-state index in [1.54, 1.807) is 0 Å². The first kappa shape index (κ1) is 26.0. The van der Waals surface area contributed by atoms with Crippen molar-refractivity contribution in [2.24, 2.45) is 46.3 Å². The smallest absolute Gasteiger partial charge is 0.0658 e. The number of aliphatic hydroxyl groups is 2. The van der Waals surface area contributed by atoms with Crippen molar-refractivity contribution in [2.45, 2.75) is 130 Å². The van der Waals surface area contributed by atoms with Crippen molar-refractivity contribution in [1.29, 1.82) is 5.26 Å². The molecule has 0 aromatic heterocycles. The van der Waals surface area contributed by atoms with Crippen LogP contribution in [0.1, 0.15) is 119 Å². The summed E-state index contributed by atoms with van der Waals surface area (Å²) in [4.78, 5) is 0. The van der Waals surface area contributed by atoms with Gasteiger partial charge in [0.15, 0.2) is 0 Å². The normalized spacial score (nSPS) is 44.2. The largest absolute Gasteiger partial charge is 0.393 e. The summed E-state index contributed by atoms with van der Waals surface area (Å²) >= 11 is 0. The molecule has 0 aromatic rings. The molecule has 4 aliphatic carbocycles. The first-order chi connectivity index (χ1) is 15.1. The number of hydrogen-bond donors (Lipinski definition) is 2. The maximum atomic E-state index is 10.2. The number of nitriles is 1. The van der Waals surface area contributed by atoms with Crippen LogP contribution in [0.25, 0.3) is 0 Å². The third-order valence-electron chi connectivity index (χ3n) is 10.7. The van der Waals surface area contributed by atoms with E-state index in [4.69, 9.17) is 0 Å². The Balaban J connectivity index is 0.00000141. The van der Waals surface area contributed by atoms with Crippen LogP contribution in [-0.4, -0.2) is 21.9 Å². The summed E-state index contributed by atoms with van der Waals surface area (Å²) in [5, 5.41) is 30.4. The number of rotatable bonds is 5. The molecule has 4 saturated carbocycles. The van der Waals surface area contributed by atoms with Crippen molar-refractivity contribution in [3.05, 3.63) is 0 Å². The quantitative estimate of drug-likeness (QED) is 0.474. The lowest BCUT2D eigenvalue weighted by atomic mass is 9.44. The highest BCUT2D eigenvalue weighted by Gasteiger charge is 2.60. The molecule has 0 heterocycles. The lowest BCUT2D eigenvalue weighted by Gasteiger charge is -2.61. The zero-order chi connectivity index (χ0) is 23.7. The van der Waals surface area contributed by atoms with E-state index in [0.717, 1.165) is 55.8 Å². The predicted molar refractivity (Wildman–Crippen MR) is 132 cm³/mol. The van der Waals surface area contributed by atoms with Crippen LogP contribution >= 0.6 is 0 Å². The van der Waals surface area contributed by atoms with Gasteiger partial charge in [-0.25, -0.2) is 0 Å². The van der Waals surface area contributed by atoms with Gasteiger partial charge in [-0.3, -0.25) is 0 Å². The van der Waals surface area contributed by atoms with Crippen LogP contribution in [0.15, 0.2) is 0 Å². The Kier molecular flexibility index (Phi) is 8.09. The van der Waals surface area contributed by atoms with E-state index in [1.807, 2.05) is 27.7 Å². The molecule has 9 atom stereocenters. The molecular weight excluding hydrogens is 394 g/mol. The monoisotopic (exact) mass is 445 g/mol. The second kappa shape index (κ2) is 9.95. The Bertz CT molecular complexity index is 663. The number of aliphatic hydroxyl groups excluding tert-OH is 1. The van der Waals surface area contributed by atoms with E-state index in [1.165, 1.54) is 44.9 Å². The van der Waals surface area contributed by atoms with Crippen LogP contribution in [0.3, 0.4) is 0 Å². The van der Waals surface area contributed by atoms with Gasteiger partial charge in [0, 0.05) is 5.92 Å². The molecule has 4 fully saturated rings. The van der Waals surface area contributed by atoms with Crippen molar-refractivity contribution < 1.29 is 10.2 Å². The molecule has 184 valence electrons. The SMILES string of the molecule is CC.CC(C)(O)CCCC(C#N)C1CCC2C3CC[C@H]4CC(O)CCC4(C)C3CCC12C. The van der Waals surface area contributed by atoms with Crippen LogP contribution in [0.2, 0.25) is 0 Å². The van der Waals surface area contributed by atoms with Gasteiger partial charge in [-0.15, -0.1) is 0 Å². The van der Waals surface area contributed by atoms with Crippen LogP contribution < -0.4 is 0 Å².